The highest BCUT2D eigenvalue weighted by atomic mass is 127. The molecule has 0 heterocycles. The van der Waals surface area contributed by atoms with Crippen LogP contribution in [0.25, 0.3) is 0 Å². The van der Waals surface area contributed by atoms with E-state index >= 15 is 0 Å². The largest absolute Gasteiger partial charge is 0.493 e. The number of benzene rings is 1. The van der Waals surface area contributed by atoms with Gasteiger partial charge in [-0.05, 0) is 44.1 Å². The topological polar surface area (TPSA) is 84.3 Å². The number of aliphatic hydroxyl groups is 1. The smallest absolute Gasteiger partial charge is 0.203 e. The third kappa shape index (κ3) is 7.89. The molecular formula is C23H40IN3O4. The van der Waals surface area contributed by atoms with Gasteiger partial charge in [-0.2, -0.15) is 0 Å². The molecule has 1 aliphatic rings. The molecule has 0 amide bonds. The maximum atomic E-state index is 9.54. The summed E-state index contributed by atoms with van der Waals surface area (Å²) in [5, 5.41) is 16.3. The Bertz CT molecular complexity index is 674. The number of hydrogen-bond donors (Lipinski definition) is 3. The Kier molecular flexibility index (Phi) is 13.0. The molecule has 2 rings (SSSR count). The van der Waals surface area contributed by atoms with E-state index in [9.17, 15) is 5.11 Å². The fraction of sp³-hybridized carbons (Fsp3) is 0.696. The van der Waals surface area contributed by atoms with E-state index in [0.29, 0.717) is 23.8 Å². The van der Waals surface area contributed by atoms with Crippen LogP contribution in [0.4, 0.5) is 0 Å². The minimum absolute atomic E-state index is 0. The predicted molar refractivity (Wildman–Crippen MR) is 136 cm³/mol. The van der Waals surface area contributed by atoms with Crippen molar-refractivity contribution in [1.29, 1.82) is 0 Å². The molecule has 1 saturated carbocycles. The number of nitrogens with one attached hydrogen (secondary N) is 2. The number of guanidine groups is 1. The lowest BCUT2D eigenvalue weighted by molar-refractivity contribution is 0.137. The summed E-state index contributed by atoms with van der Waals surface area (Å²) in [7, 11) is 4.88. The second-order valence-electron chi connectivity index (χ2n) is 7.90. The monoisotopic (exact) mass is 549 g/mol. The molecule has 8 heteroatoms. The van der Waals surface area contributed by atoms with Crippen LogP contribution < -0.4 is 24.8 Å². The van der Waals surface area contributed by atoms with Gasteiger partial charge in [-0.1, -0.05) is 25.3 Å². The molecule has 178 valence electrons. The van der Waals surface area contributed by atoms with Crippen LogP contribution in [0.2, 0.25) is 0 Å². The van der Waals surface area contributed by atoms with Gasteiger partial charge < -0.3 is 30.0 Å². The van der Waals surface area contributed by atoms with Crippen LogP contribution in [0.3, 0.4) is 0 Å². The maximum absolute atomic E-state index is 9.54. The van der Waals surface area contributed by atoms with Crippen molar-refractivity contribution in [1.82, 2.24) is 10.6 Å². The first-order valence-corrected chi connectivity index (χ1v) is 11.0. The van der Waals surface area contributed by atoms with Crippen molar-refractivity contribution in [3.05, 3.63) is 17.7 Å². The summed E-state index contributed by atoms with van der Waals surface area (Å²) in [5.74, 6) is 2.79. The van der Waals surface area contributed by atoms with Crippen LogP contribution in [0.15, 0.2) is 17.1 Å². The molecule has 1 aliphatic carbocycles. The van der Waals surface area contributed by atoms with E-state index < -0.39 is 0 Å². The van der Waals surface area contributed by atoms with Gasteiger partial charge in [-0.25, -0.2) is 0 Å². The molecule has 0 bridgehead atoms. The third-order valence-corrected chi connectivity index (χ3v) is 5.95. The van der Waals surface area contributed by atoms with Crippen molar-refractivity contribution < 1.29 is 19.3 Å². The van der Waals surface area contributed by atoms with Crippen molar-refractivity contribution >= 4 is 29.9 Å². The summed E-state index contributed by atoms with van der Waals surface area (Å²) >= 11 is 0. The first kappa shape index (κ1) is 27.6. The molecular weight excluding hydrogens is 509 g/mol. The fourth-order valence-electron chi connectivity index (χ4n) is 4.29. The van der Waals surface area contributed by atoms with E-state index in [2.05, 4.69) is 17.6 Å². The lowest BCUT2D eigenvalue weighted by Crippen LogP contribution is -2.40. The summed E-state index contributed by atoms with van der Waals surface area (Å²) in [6.07, 6.45) is 7.66. The SMILES string of the molecule is CCNC(=NCC1(CCO)CCCCC1)NCCc1ccc(OC)c(OC)c1OC.I. The Morgan fingerprint density at radius 1 is 1.03 bits per heavy atom. The van der Waals surface area contributed by atoms with E-state index in [0.717, 1.165) is 50.3 Å². The summed E-state index contributed by atoms with van der Waals surface area (Å²) in [4.78, 5) is 4.87. The number of rotatable bonds is 11. The van der Waals surface area contributed by atoms with Crippen molar-refractivity contribution in [2.24, 2.45) is 10.4 Å². The van der Waals surface area contributed by atoms with Gasteiger partial charge >= 0.3 is 0 Å². The van der Waals surface area contributed by atoms with E-state index in [1.54, 1.807) is 21.3 Å². The molecule has 1 aromatic rings. The first-order chi connectivity index (χ1) is 14.6. The maximum Gasteiger partial charge on any atom is 0.203 e. The van der Waals surface area contributed by atoms with Gasteiger partial charge in [-0.15, -0.1) is 24.0 Å². The Hall–Kier alpha value is -1.42. The number of aliphatic hydroxyl groups excluding tert-OH is 1. The van der Waals surface area contributed by atoms with E-state index in [1.165, 1.54) is 19.3 Å². The number of nitrogens with zero attached hydrogens (tertiary/aromatic N) is 1. The minimum Gasteiger partial charge on any atom is -0.493 e. The van der Waals surface area contributed by atoms with Crippen LogP contribution in [0.5, 0.6) is 17.2 Å². The zero-order valence-electron chi connectivity index (χ0n) is 19.5. The fourth-order valence-corrected chi connectivity index (χ4v) is 4.29. The molecule has 1 fully saturated rings. The normalized spacial score (nSPS) is 15.6. The van der Waals surface area contributed by atoms with Crippen molar-refractivity contribution in [2.75, 3.05) is 47.6 Å². The summed E-state index contributed by atoms with van der Waals surface area (Å²) in [6.45, 7) is 4.57. The summed E-state index contributed by atoms with van der Waals surface area (Å²) < 4.78 is 16.4. The van der Waals surface area contributed by atoms with E-state index in [-0.39, 0.29) is 36.0 Å². The third-order valence-electron chi connectivity index (χ3n) is 5.95. The Labute approximate surface area is 204 Å². The van der Waals surface area contributed by atoms with Gasteiger partial charge in [0, 0.05) is 31.8 Å². The van der Waals surface area contributed by atoms with Crippen LogP contribution in [0.1, 0.15) is 51.0 Å². The molecule has 0 unspecified atom stereocenters. The van der Waals surface area contributed by atoms with Gasteiger partial charge in [0.2, 0.25) is 5.75 Å². The van der Waals surface area contributed by atoms with Crippen molar-refractivity contribution in [3.63, 3.8) is 0 Å². The molecule has 0 atom stereocenters. The van der Waals surface area contributed by atoms with Crippen LogP contribution in [0, 0.1) is 5.41 Å². The predicted octanol–water partition coefficient (Wildman–Crippen LogP) is 3.76. The quantitative estimate of drug-likeness (QED) is 0.222. The molecule has 1 aromatic carbocycles. The second kappa shape index (κ2) is 14.6. The van der Waals surface area contributed by atoms with E-state index in [1.807, 2.05) is 12.1 Å². The van der Waals surface area contributed by atoms with Crippen molar-refractivity contribution in [3.8, 4) is 17.2 Å². The van der Waals surface area contributed by atoms with Crippen LogP contribution >= 0.6 is 24.0 Å². The Morgan fingerprint density at radius 3 is 2.32 bits per heavy atom. The molecule has 0 aliphatic heterocycles. The van der Waals surface area contributed by atoms with Gasteiger partial charge in [0.05, 0.1) is 21.3 Å². The molecule has 31 heavy (non-hydrogen) atoms. The number of ether oxygens (including phenoxy) is 3. The molecule has 0 aromatic heterocycles. The number of methoxy groups -OCH3 is 3. The molecule has 3 N–H and O–H groups in total. The van der Waals surface area contributed by atoms with Crippen LogP contribution in [-0.4, -0.2) is 58.6 Å². The highest BCUT2D eigenvalue weighted by Gasteiger charge is 2.31. The van der Waals surface area contributed by atoms with E-state index in [4.69, 9.17) is 19.2 Å². The number of halogens is 1. The first-order valence-electron chi connectivity index (χ1n) is 11.0. The van der Waals surface area contributed by atoms with Gasteiger partial charge in [0.15, 0.2) is 17.5 Å². The molecule has 0 spiro atoms. The standard InChI is InChI=1S/C23H39N3O4.HI/c1-5-24-22(26-17-23(14-16-27)12-7-6-8-13-23)25-15-11-18-9-10-19(28-2)21(30-4)20(18)29-3;/h9-10,27H,5-8,11-17H2,1-4H3,(H2,24,25,26);1H. The van der Waals surface area contributed by atoms with Gasteiger partial charge in [0.25, 0.3) is 0 Å². The Morgan fingerprint density at radius 2 is 1.74 bits per heavy atom. The Balaban J connectivity index is 0.00000480. The van der Waals surface area contributed by atoms with Crippen LogP contribution in [-0.2, 0) is 6.42 Å². The molecule has 0 saturated heterocycles. The molecule has 0 radical (unpaired) electrons. The zero-order valence-corrected chi connectivity index (χ0v) is 21.8. The summed E-state index contributed by atoms with van der Waals surface area (Å²) in [6, 6.07) is 3.90. The average molecular weight is 549 g/mol. The zero-order chi connectivity index (χ0) is 21.8. The van der Waals surface area contributed by atoms with Gasteiger partial charge in [0.1, 0.15) is 0 Å². The lowest BCUT2D eigenvalue weighted by Gasteiger charge is -2.35. The lowest BCUT2D eigenvalue weighted by atomic mass is 9.72. The number of aliphatic imine (C=N–C) groups is 1. The minimum atomic E-state index is 0. The van der Waals surface area contributed by atoms with Crippen molar-refractivity contribution in [2.45, 2.75) is 51.9 Å². The highest BCUT2D eigenvalue weighted by molar-refractivity contribution is 14.0. The summed E-state index contributed by atoms with van der Waals surface area (Å²) in [5.41, 5.74) is 1.18. The highest BCUT2D eigenvalue weighted by Crippen LogP contribution is 2.40. The molecule has 7 nitrogen and oxygen atoms in total. The number of hydrogen-bond acceptors (Lipinski definition) is 5. The van der Waals surface area contributed by atoms with Gasteiger partial charge in [-0.3, -0.25) is 4.99 Å². The average Bonchev–Trinajstić information content (AvgIpc) is 2.77. The second-order valence-corrected chi connectivity index (χ2v) is 7.90.